The molecule has 0 spiro atoms. The lowest BCUT2D eigenvalue weighted by molar-refractivity contribution is 0.414. The number of hydrogen-bond acceptors (Lipinski definition) is 7. The summed E-state index contributed by atoms with van der Waals surface area (Å²) in [6.45, 7) is 2.02. The van der Waals surface area contributed by atoms with Crippen LogP contribution < -0.4 is 0 Å². The van der Waals surface area contributed by atoms with Crippen LogP contribution >= 0.6 is 11.8 Å². The minimum Gasteiger partial charge on any atom is -0.491 e. The van der Waals surface area contributed by atoms with Gasteiger partial charge in [-0.25, -0.2) is 0 Å². The smallest absolute Gasteiger partial charge is 0.247 e. The predicted octanol–water partition coefficient (Wildman–Crippen LogP) is 3.81. The average Bonchev–Trinajstić information content (AvgIpc) is 2.45. The van der Waals surface area contributed by atoms with E-state index in [0.29, 0.717) is 10.8 Å². The molecule has 0 aliphatic heterocycles. The van der Waals surface area contributed by atoms with Crippen LogP contribution in [0.15, 0.2) is 45.7 Å². The fourth-order valence-corrected chi connectivity index (χ4v) is 2.05. The summed E-state index contributed by atoms with van der Waals surface area (Å²) in [4.78, 5) is 7.75. The van der Waals surface area contributed by atoms with Gasteiger partial charge in [0.2, 0.25) is 17.4 Å². The van der Waals surface area contributed by atoms with E-state index in [9.17, 15) is 10.2 Å². The predicted molar refractivity (Wildman–Crippen MR) is 77.0 cm³/mol. The number of nitrogens with zero attached hydrogens (tertiary/aromatic N) is 4. The van der Waals surface area contributed by atoms with E-state index in [4.69, 9.17) is 0 Å². The van der Waals surface area contributed by atoms with E-state index in [0.717, 1.165) is 12.2 Å². The van der Waals surface area contributed by atoms with Crippen molar-refractivity contribution in [3.05, 3.63) is 30.3 Å². The van der Waals surface area contributed by atoms with Crippen LogP contribution in [0, 0.1) is 0 Å². The molecule has 0 aliphatic rings. The molecule has 6 nitrogen and oxygen atoms in total. The minimum atomic E-state index is -0.379. The Morgan fingerprint density at radius 2 is 1.70 bits per heavy atom. The van der Waals surface area contributed by atoms with Gasteiger partial charge in [0, 0.05) is 5.75 Å². The molecule has 0 unspecified atom stereocenters. The van der Waals surface area contributed by atoms with Crippen molar-refractivity contribution in [1.82, 2.24) is 9.97 Å². The fourth-order valence-electron chi connectivity index (χ4n) is 1.36. The molecule has 104 valence electrons. The highest BCUT2D eigenvalue weighted by molar-refractivity contribution is 7.99. The number of aromatic nitrogens is 2. The number of rotatable bonds is 5. The molecular formula is C13H14N4O2S. The Labute approximate surface area is 120 Å². The van der Waals surface area contributed by atoms with Gasteiger partial charge in [0.05, 0.1) is 5.69 Å². The summed E-state index contributed by atoms with van der Waals surface area (Å²) in [6.07, 6.45) is 0.949. The summed E-state index contributed by atoms with van der Waals surface area (Å²) >= 11 is 1.36. The van der Waals surface area contributed by atoms with E-state index in [-0.39, 0.29) is 17.4 Å². The quantitative estimate of drug-likeness (QED) is 0.496. The Morgan fingerprint density at radius 1 is 1.05 bits per heavy atom. The summed E-state index contributed by atoms with van der Waals surface area (Å²) in [5.41, 5.74) is 0.477. The molecule has 0 atom stereocenters. The van der Waals surface area contributed by atoms with Gasteiger partial charge in [0.1, 0.15) is 0 Å². The summed E-state index contributed by atoms with van der Waals surface area (Å²) in [5.74, 6) is 0.0515. The van der Waals surface area contributed by atoms with E-state index < -0.39 is 0 Å². The second-order valence-electron chi connectivity index (χ2n) is 3.89. The van der Waals surface area contributed by atoms with Crippen molar-refractivity contribution in [3.63, 3.8) is 0 Å². The zero-order valence-electron chi connectivity index (χ0n) is 10.9. The highest BCUT2D eigenvalue weighted by atomic mass is 32.2. The number of thioether (sulfide) groups is 1. The van der Waals surface area contributed by atoms with E-state index >= 15 is 0 Å². The van der Waals surface area contributed by atoms with Gasteiger partial charge in [-0.1, -0.05) is 36.9 Å². The van der Waals surface area contributed by atoms with Crippen LogP contribution in [0.4, 0.5) is 11.4 Å². The van der Waals surface area contributed by atoms with Gasteiger partial charge in [-0.15, -0.1) is 5.11 Å². The number of hydrogen-bond donors (Lipinski definition) is 2. The molecule has 2 aromatic rings. The minimum absolute atomic E-state index is 0.130. The molecule has 2 rings (SSSR count). The number of aromatic hydroxyl groups is 2. The van der Waals surface area contributed by atoms with Gasteiger partial charge < -0.3 is 10.2 Å². The zero-order chi connectivity index (χ0) is 14.4. The van der Waals surface area contributed by atoms with E-state index in [1.807, 2.05) is 25.1 Å². The van der Waals surface area contributed by atoms with Crippen LogP contribution in [0.3, 0.4) is 0 Å². The van der Waals surface area contributed by atoms with Crippen molar-refractivity contribution in [2.24, 2.45) is 10.2 Å². The SMILES string of the molecule is CCCSc1nc(O)c(/N=N/c2ccccc2)c(O)n1. The van der Waals surface area contributed by atoms with Crippen LogP contribution in [0.5, 0.6) is 11.8 Å². The van der Waals surface area contributed by atoms with Crippen molar-refractivity contribution in [2.45, 2.75) is 18.5 Å². The van der Waals surface area contributed by atoms with E-state index in [1.165, 1.54) is 11.8 Å². The molecular weight excluding hydrogens is 276 g/mol. The highest BCUT2D eigenvalue weighted by Crippen LogP contribution is 2.35. The third-order valence-electron chi connectivity index (χ3n) is 2.28. The second-order valence-corrected chi connectivity index (χ2v) is 4.95. The van der Waals surface area contributed by atoms with Gasteiger partial charge in [-0.05, 0) is 18.6 Å². The standard InChI is InChI=1S/C13H14N4O2S/c1-2-8-20-13-14-11(18)10(12(19)15-13)17-16-9-6-4-3-5-7-9/h3-7H,2,8H2,1H3,(H2,14,15,18,19)/b17-16+. The Balaban J connectivity index is 2.22. The first-order valence-electron chi connectivity index (χ1n) is 6.10. The lowest BCUT2D eigenvalue weighted by atomic mass is 10.3. The van der Waals surface area contributed by atoms with Gasteiger partial charge in [0.15, 0.2) is 5.16 Å². The number of benzene rings is 1. The molecule has 0 amide bonds. The summed E-state index contributed by atoms with van der Waals surface area (Å²) < 4.78 is 0. The third kappa shape index (κ3) is 3.67. The molecule has 0 bridgehead atoms. The van der Waals surface area contributed by atoms with Crippen LogP contribution in [0.1, 0.15) is 13.3 Å². The molecule has 0 radical (unpaired) electrons. The lowest BCUT2D eigenvalue weighted by Gasteiger charge is -2.03. The topological polar surface area (TPSA) is 91.0 Å². The maximum absolute atomic E-state index is 9.77. The van der Waals surface area contributed by atoms with Crippen LogP contribution in [0.25, 0.3) is 0 Å². The Bertz CT molecular complexity index is 582. The normalized spacial score (nSPS) is 11.1. The summed E-state index contributed by atoms with van der Waals surface area (Å²) in [7, 11) is 0. The first kappa shape index (κ1) is 14.3. The second kappa shape index (κ2) is 6.85. The average molecular weight is 290 g/mol. The van der Waals surface area contributed by atoms with Crippen molar-refractivity contribution in [1.29, 1.82) is 0 Å². The molecule has 7 heteroatoms. The Hall–Kier alpha value is -2.15. The van der Waals surface area contributed by atoms with Crippen molar-refractivity contribution < 1.29 is 10.2 Å². The maximum Gasteiger partial charge on any atom is 0.247 e. The van der Waals surface area contributed by atoms with Crippen LogP contribution in [-0.2, 0) is 0 Å². The number of azo groups is 1. The Kier molecular flexibility index (Phi) is 4.89. The van der Waals surface area contributed by atoms with Crippen molar-refractivity contribution in [2.75, 3.05) is 5.75 Å². The highest BCUT2D eigenvalue weighted by Gasteiger charge is 2.13. The first-order valence-corrected chi connectivity index (χ1v) is 7.09. The summed E-state index contributed by atoms with van der Waals surface area (Å²) in [6, 6.07) is 8.99. The van der Waals surface area contributed by atoms with E-state index in [1.54, 1.807) is 12.1 Å². The van der Waals surface area contributed by atoms with Gasteiger partial charge in [0.25, 0.3) is 0 Å². The van der Waals surface area contributed by atoms with Gasteiger partial charge in [-0.2, -0.15) is 15.1 Å². The monoisotopic (exact) mass is 290 g/mol. The van der Waals surface area contributed by atoms with Crippen LogP contribution in [-0.4, -0.2) is 25.9 Å². The van der Waals surface area contributed by atoms with Gasteiger partial charge >= 0.3 is 0 Å². The molecule has 1 aromatic heterocycles. The molecule has 2 N–H and O–H groups in total. The maximum atomic E-state index is 9.77. The zero-order valence-corrected chi connectivity index (χ0v) is 11.7. The fraction of sp³-hybridized carbons (Fsp3) is 0.231. The molecule has 20 heavy (non-hydrogen) atoms. The van der Waals surface area contributed by atoms with Crippen molar-refractivity contribution in [3.8, 4) is 11.8 Å². The molecule has 0 fully saturated rings. The summed E-state index contributed by atoms with van der Waals surface area (Å²) in [5, 5.41) is 27.6. The molecule has 1 heterocycles. The van der Waals surface area contributed by atoms with E-state index in [2.05, 4.69) is 20.2 Å². The van der Waals surface area contributed by atoms with Gasteiger partial charge in [-0.3, -0.25) is 0 Å². The Morgan fingerprint density at radius 3 is 2.30 bits per heavy atom. The molecule has 0 aliphatic carbocycles. The molecule has 0 saturated carbocycles. The van der Waals surface area contributed by atoms with Crippen LogP contribution in [0.2, 0.25) is 0 Å². The largest absolute Gasteiger partial charge is 0.491 e. The lowest BCUT2D eigenvalue weighted by Crippen LogP contribution is -1.89. The van der Waals surface area contributed by atoms with Crippen molar-refractivity contribution >= 4 is 23.1 Å². The first-order chi connectivity index (χ1) is 9.70. The molecule has 0 saturated heterocycles. The third-order valence-corrected chi connectivity index (χ3v) is 3.34. The molecule has 1 aromatic carbocycles.